The van der Waals surface area contributed by atoms with Crippen molar-refractivity contribution < 1.29 is 4.74 Å². The lowest BCUT2D eigenvalue weighted by Crippen LogP contribution is -2.52. The molecule has 30 heavy (non-hydrogen) atoms. The maximum Gasteiger partial charge on any atom is 0.0598 e. The van der Waals surface area contributed by atoms with Crippen LogP contribution < -0.4 is 5.32 Å². The molecule has 1 aliphatic heterocycles. The Morgan fingerprint density at radius 1 is 0.967 bits per heavy atom. The van der Waals surface area contributed by atoms with E-state index in [2.05, 4.69) is 76.0 Å². The van der Waals surface area contributed by atoms with Gasteiger partial charge < -0.3 is 15.0 Å². The standard InChI is InChI=1S/C27H48N2O/c1-26(2,3)28-25-17-12-19-29(22-25)18-11-16-24-15-10-14-23(21-24)13-8-7-9-20-30-27(4,5)6/h10,14-15,21,25,28H,7-9,11-13,16-20,22H2,1-6H3. The molecule has 0 amide bonds. The Hall–Kier alpha value is -0.900. The minimum atomic E-state index is -0.00740. The minimum absolute atomic E-state index is 0.00740. The summed E-state index contributed by atoms with van der Waals surface area (Å²) in [6.07, 6.45) is 9.96. The molecule has 1 fully saturated rings. The van der Waals surface area contributed by atoms with E-state index in [-0.39, 0.29) is 11.1 Å². The van der Waals surface area contributed by atoms with Crippen molar-refractivity contribution in [3.05, 3.63) is 35.4 Å². The van der Waals surface area contributed by atoms with E-state index in [1.54, 1.807) is 0 Å². The van der Waals surface area contributed by atoms with E-state index < -0.39 is 0 Å². The summed E-state index contributed by atoms with van der Waals surface area (Å²) >= 11 is 0. The number of nitrogens with one attached hydrogen (secondary N) is 1. The molecule has 0 spiro atoms. The first-order chi connectivity index (χ1) is 14.1. The molecule has 1 atom stereocenters. The Morgan fingerprint density at radius 2 is 1.67 bits per heavy atom. The lowest BCUT2D eigenvalue weighted by molar-refractivity contribution is -0.00469. The van der Waals surface area contributed by atoms with E-state index in [0.29, 0.717) is 6.04 Å². The van der Waals surface area contributed by atoms with Gasteiger partial charge in [0.2, 0.25) is 0 Å². The Bertz CT molecular complexity index is 600. The first kappa shape index (κ1) is 25.4. The Balaban J connectivity index is 1.64. The number of unbranched alkanes of at least 4 members (excludes halogenated alkanes) is 2. The van der Waals surface area contributed by atoms with Crippen molar-refractivity contribution >= 4 is 0 Å². The van der Waals surface area contributed by atoms with E-state index in [9.17, 15) is 0 Å². The Labute approximate surface area is 187 Å². The van der Waals surface area contributed by atoms with E-state index in [1.165, 1.54) is 75.7 Å². The van der Waals surface area contributed by atoms with Crippen molar-refractivity contribution in [3.8, 4) is 0 Å². The van der Waals surface area contributed by atoms with Gasteiger partial charge >= 0.3 is 0 Å². The molecular formula is C27H48N2O. The van der Waals surface area contributed by atoms with Crippen LogP contribution in [0.4, 0.5) is 0 Å². The zero-order chi connectivity index (χ0) is 22.0. The van der Waals surface area contributed by atoms with Gasteiger partial charge in [0.15, 0.2) is 0 Å². The second-order valence-electron chi connectivity index (χ2n) is 11.2. The van der Waals surface area contributed by atoms with Crippen LogP contribution in [-0.4, -0.2) is 48.3 Å². The number of hydrogen-bond donors (Lipinski definition) is 1. The fraction of sp³-hybridized carbons (Fsp3) is 0.778. The predicted octanol–water partition coefficient (Wildman–Crippen LogP) is 6.00. The van der Waals surface area contributed by atoms with Crippen LogP contribution >= 0.6 is 0 Å². The van der Waals surface area contributed by atoms with Gasteiger partial charge in [0.1, 0.15) is 0 Å². The van der Waals surface area contributed by atoms with Crippen molar-refractivity contribution in [2.45, 2.75) is 110 Å². The fourth-order valence-electron chi connectivity index (χ4n) is 4.42. The predicted molar refractivity (Wildman–Crippen MR) is 130 cm³/mol. The first-order valence-corrected chi connectivity index (χ1v) is 12.3. The third kappa shape index (κ3) is 11.5. The smallest absolute Gasteiger partial charge is 0.0598 e. The van der Waals surface area contributed by atoms with Crippen molar-refractivity contribution in [1.29, 1.82) is 0 Å². The van der Waals surface area contributed by atoms with Crippen LogP contribution in [0.1, 0.15) is 91.2 Å². The summed E-state index contributed by atoms with van der Waals surface area (Å²) in [5, 5.41) is 3.79. The van der Waals surface area contributed by atoms with Gasteiger partial charge in [-0.3, -0.25) is 0 Å². The van der Waals surface area contributed by atoms with Crippen LogP contribution in [0.15, 0.2) is 24.3 Å². The quantitative estimate of drug-likeness (QED) is 0.448. The Kier molecular flexibility index (Phi) is 10.3. The van der Waals surface area contributed by atoms with Crippen molar-refractivity contribution in [3.63, 3.8) is 0 Å². The maximum absolute atomic E-state index is 5.82. The largest absolute Gasteiger partial charge is 0.376 e. The van der Waals surface area contributed by atoms with Crippen molar-refractivity contribution in [2.24, 2.45) is 0 Å². The molecule has 0 aromatic heterocycles. The summed E-state index contributed by atoms with van der Waals surface area (Å²) in [6.45, 7) is 17.8. The fourth-order valence-corrected chi connectivity index (χ4v) is 4.42. The highest BCUT2D eigenvalue weighted by Gasteiger charge is 2.23. The molecule has 1 N–H and O–H groups in total. The number of piperidine rings is 1. The van der Waals surface area contributed by atoms with E-state index in [1.807, 2.05) is 0 Å². The highest BCUT2D eigenvalue weighted by molar-refractivity contribution is 5.23. The highest BCUT2D eigenvalue weighted by Crippen LogP contribution is 2.16. The van der Waals surface area contributed by atoms with Gasteiger partial charge in [-0.05, 0) is 111 Å². The summed E-state index contributed by atoms with van der Waals surface area (Å²) in [7, 11) is 0. The van der Waals surface area contributed by atoms with Crippen LogP contribution in [0.3, 0.4) is 0 Å². The number of aryl methyl sites for hydroxylation is 2. The van der Waals surface area contributed by atoms with Crippen LogP contribution in [0.2, 0.25) is 0 Å². The number of ether oxygens (including phenoxy) is 1. The van der Waals surface area contributed by atoms with Gasteiger partial charge in [-0.15, -0.1) is 0 Å². The minimum Gasteiger partial charge on any atom is -0.376 e. The SMILES string of the molecule is CC(C)(C)NC1CCCN(CCCc2cccc(CCCCCOC(C)(C)C)c2)C1. The number of likely N-dealkylation sites (tertiary alicyclic amines) is 1. The monoisotopic (exact) mass is 416 g/mol. The molecule has 0 aliphatic carbocycles. The summed E-state index contributed by atoms with van der Waals surface area (Å²) < 4.78 is 5.82. The summed E-state index contributed by atoms with van der Waals surface area (Å²) in [5.41, 5.74) is 3.21. The lowest BCUT2D eigenvalue weighted by atomic mass is 10.00. The Morgan fingerprint density at radius 3 is 2.33 bits per heavy atom. The summed E-state index contributed by atoms with van der Waals surface area (Å²) in [5.74, 6) is 0. The average molecular weight is 417 g/mol. The third-order valence-corrected chi connectivity index (χ3v) is 5.72. The van der Waals surface area contributed by atoms with Crippen LogP contribution in [0.25, 0.3) is 0 Å². The van der Waals surface area contributed by atoms with E-state index in [0.717, 1.165) is 13.0 Å². The molecule has 172 valence electrons. The topological polar surface area (TPSA) is 24.5 Å². The molecule has 1 unspecified atom stereocenters. The van der Waals surface area contributed by atoms with E-state index in [4.69, 9.17) is 4.74 Å². The zero-order valence-corrected chi connectivity index (χ0v) is 20.7. The number of benzene rings is 1. The molecule has 0 radical (unpaired) electrons. The van der Waals surface area contributed by atoms with Gasteiger partial charge in [0, 0.05) is 24.7 Å². The van der Waals surface area contributed by atoms with Crippen LogP contribution in [0, 0.1) is 0 Å². The lowest BCUT2D eigenvalue weighted by Gasteiger charge is -2.37. The number of rotatable bonds is 11. The molecule has 3 nitrogen and oxygen atoms in total. The van der Waals surface area contributed by atoms with Crippen LogP contribution in [0.5, 0.6) is 0 Å². The highest BCUT2D eigenvalue weighted by atomic mass is 16.5. The first-order valence-electron chi connectivity index (χ1n) is 12.3. The maximum atomic E-state index is 5.82. The molecule has 1 heterocycles. The summed E-state index contributed by atoms with van der Waals surface area (Å²) in [4.78, 5) is 2.66. The van der Waals surface area contributed by atoms with Gasteiger partial charge in [-0.1, -0.05) is 30.7 Å². The van der Waals surface area contributed by atoms with Gasteiger partial charge in [-0.25, -0.2) is 0 Å². The zero-order valence-electron chi connectivity index (χ0n) is 20.7. The average Bonchev–Trinajstić information content (AvgIpc) is 2.63. The second-order valence-corrected chi connectivity index (χ2v) is 11.2. The molecule has 0 bridgehead atoms. The molecule has 0 saturated carbocycles. The molecule has 3 heteroatoms. The number of nitrogens with zero attached hydrogens (tertiary/aromatic N) is 1. The third-order valence-electron chi connectivity index (χ3n) is 5.72. The second kappa shape index (κ2) is 12.2. The molecule has 2 rings (SSSR count). The molecule has 1 aromatic carbocycles. The molecule has 1 saturated heterocycles. The molecular weight excluding hydrogens is 368 g/mol. The summed E-state index contributed by atoms with van der Waals surface area (Å²) in [6, 6.07) is 9.93. The molecule has 1 aromatic rings. The van der Waals surface area contributed by atoms with E-state index >= 15 is 0 Å². The van der Waals surface area contributed by atoms with Gasteiger partial charge in [0.05, 0.1) is 5.60 Å². The van der Waals surface area contributed by atoms with Gasteiger partial charge in [0.25, 0.3) is 0 Å². The van der Waals surface area contributed by atoms with Crippen molar-refractivity contribution in [2.75, 3.05) is 26.2 Å². The molecule has 1 aliphatic rings. The van der Waals surface area contributed by atoms with Gasteiger partial charge in [-0.2, -0.15) is 0 Å². The van der Waals surface area contributed by atoms with Crippen LogP contribution in [-0.2, 0) is 17.6 Å². The van der Waals surface area contributed by atoms with Crippen molar-refractivity contribution in [1.82, 2.24) is 10.2 Å². The number of hydrogen-bond acceptors (Lipinski definition) is 3. The normalized spacial score (nSPS) is 18.7.